The van der Waals surface area contributed by atoms with Crippen LogP contribution in [0.3, 0.4) is 0 Å². The van der Waals surface area contributed by atoms with E-state index in [1.54, 1.807) is 38.1 Å². The third kappa shape index (κ3) is 4.47. The summed E-state index contributed by atoms with van der Waals surface area (Å²) in [5.41, 5.74) is -0.362. The number of fused-ring (bicyclic) bond motifs is 1. The molecular formula is C21H22N4O6. The first-order chi connectivity index (χ1) is 14.9. The van der Waals surface area contributed by atoms with Crippen molar-refractivity contribution in [3.63, 3.8) is 0 Å². The molecule has 10 nitrogen and oxygen atoms in total. The fraction of sp³-hybridized carbons (Fsp3) is 0.286. The molecule has 0 fully saturated rings. The summed E-state index contributed by atoms with van der Waals surface area (Å²) >= 11 is 0. The fourth-order valence-electron chi connectivity index (χ4n) is 3.19. The zero-order valence-corrected chi connectivity index (χ0v) is 17.4. The molecule has 0 unspecified atom stereocenters. The van der Waals surface area contributed by atoms with Crippen molar-refractivity contribution in [2.24, 2.45) is 0 Å². The van der Waals surface area contributed by atoms with Crippen molar-refractivity contribution in [2.75, 3.05) is 20.3 Å². The molecule has 1 heterocycles. The summed E-state index contributed by atoms with van der Waals surface area (Å²) in [5, 5.41) is 12.1. The normalized spacial score (nSPS) is 10.7. The van der Waals surface area contributed by atoms with E-state index in [4.69, 9.17) is 9.47 Å². The molecule has 1 N–H and O–H groups in total. The molecule has 0 atom stereocenters. The molecule has 162 valence electrons. The topological polar surface area (TPSA) is 128 Å². The van der Waals surface area contributed by atoms with Gasteiger partial charge in [0, 0.05) is 12.6 Å². The lowest BCUT2D eigenvalue weighted by molar-refractivity contribution is -0.385. The number of carbonyl (C=O) groups is 1. The van der Waals surface area contributed by atoms with Crippen molar-refractivity contribution in [1.82, 2.24) is 14.9 Å². The van der Waals surface area contributed by atoms with E-state index in [0.29, 0.717) is 10.9 Å². The largest absolute Gasteiger partial charge is 0.493 e. The lowest BCUT2D eigenvalue weighted by Gasteiger charge is -2.21. The Morgan fingerprint density at radius 1 is 1.23 bits per heavy atom. The predicted octanol–water partition coefficient (Wildman–Crippen LogP) is 2.90. The van der Waals surface area contributed by atoms with E-state index in [1.807, 2.05) is 0 Å². The number of aromatic amines is 1. The summed E-state index contributed by atoms with van der Waals surface area (Å²) in [6.07, 6.45) is 0. The van der Waals surface area contributed by atoms with Gasteiger partial charge < -0.3 is 19.4 Å². The molecule has 3 aromatic rings. The lowest BCUT2D eigenvalue weighted by atomic mass is 10.1. The third-order valence-electron chi connectivity index (χ3n) is 4.68. The number of aromatic nitrogens is 2. The Hall–Kier alpha value is -3.95. The molecule has 0 aliphatic carbocycles. The van der Waals surface area contributed by atoms with Crippen LogP contribution in [0.4, 0.5) is 5.69 Å². The average Bonchev–Trinajstić information content (AvgIpc) is 2.77. The van der Waals surface area contributed by atoms with Crippen molar-refractivity contribution in [2.45, 2.75) is 20.4 Å². The number of nitrogens with zero attached hydrogens (tertiary/aromatic N) is 3. The molecular weight excluding hydrogens is 404 g/mol. The van der Waals surface area contributed by atoms with Gasteiger partial charge in [-0.05, 0) is 26.0 Å². The molecule has 3 rings (SSSR count). The quantitative estimate of drug-likeness (QED) is 0.433. The minimum absolute atomic E-state index is 0.0257. The monoisotopic (exact) mass is 426 g/mol. The van der Waals surface area contributed by atoms with Crippen LogP contribution >= 0.6 is 0 Å². The number of nitro groups is 1. The van der Waals surface area contributed by atoms with Crippen LogP contribution in [0, 0.1) is 10.1 Å². The van der Waals surface area contributed by atoms with Gasteiger partial charge in [-0.1, -0.05) is 12.1 Å². The molecule has 0 aliphatic rings. The Morgan fingerprint density at radius 2 is 1.97 bits per heavy atom. The lowest BCUT2D eigenvalue weighted by Crippen LogP contribution is -2.32. The standard InChI is InChI=1S/C21H22N4O6/c1-4-24(12-19-22-15-9-7-6-8-13(15)20(26)23-19)21(27)14-10-17(30-3)18(31-5-2)11-16(14)25(28)29/h6-11H,4-5,12H2,1-3H3,(H,22,23,26). The summed E-state index contributed by atoms with van der Waals surface area (Å²) in [4.78, 5) is 44.9. The van der Waals surface area contributed by atoms with Crippen LogP contribution in [0.25, 0.3) is 10.9 Å². The van der Waals surface area contributed by atoms with Crippen LogP contribution in [-0.4, -0.2) is 46.0 Å². The Labute approximate surface area is 177 Å². The van der Waals surface area contributed by atoms with E-state index in [-0.39, 0.29) is 48.1 Å². The minimum atomic E-state index is -0.640. The van der Waals surface area contributed by atoms with E-state index in [1.165, 1.54) is 24.1 Å². The number of rotatable bonds is 8. The number of H-pyrrole nitrogens is 1. The second-order valence-corrected chi connectivity index (χ2v) is 6.56. The fourth-order valence-corrected chi connectivity index (χ4v) is 3.19. The van der Waals surface area contributed by atoms with Crippen molar-refractivity contribution in [3.05, 3.63) is 68.3 Å². The smallest absolute Gasteiger partial charge is 0.286 e. The second kappa shape index (κ2) is 9.24. The number of hydrogen-bond acceptors (Lipinski definition) is 7. The van der Waals surface area contributed by atoms with Gasteiger partial charge in [0.1, 0.15) is 11.4 Å². The Morgan fingerprint density at radius 3 is 2.61 bits per heavy atom. The van der Waals surface area contributed by atoms with Gasteiger partial charge in [-0.3, -0.25) is 19.7 Å². The Bertz CT molecular complexity index is 1190. The van der Waals surface area contributed by atoms with Crippen LogP contribution in [0.2, 0.25) is 0 Å². The first-order valence-corrected chi connectivity index (χ1v) is 9.66. The minimum Gasteiger partial charge on any atom is -0.493 e. The SMILES string of the molecule is CCOc1cc([N+](=O)[O-])c(C(=O)N(CC)Cc2nc3ccccc3c(=O)[nH]2)cc1OC. The van der Waals surface area contributed by atoms with Crippen molar-refractivity contribution < 1.29 is 19.2 Å². The number of methoxy groups -OCH3 is 1. The molecule has 0 bridgehead atoms. The van der Waals surface area contributed by atoms with Crippen LogP contribution in [0.5, 0.6) is 11.5 Å². The van der Waals surface area contributed by atoms with Gasteiger partial charge in [0.2, 0.25) is 0 Å². The van der Waals surface area contributed by atoms with Gasteiger partial charge in [0.15, 0.2) is 11.5 Å². The molecule has 1 aromatic heterocycles. The van der Waals surface area contributed by atoms with E-state index in [0.717, 1.165) is 0 Å². The highest BCUT2D eigenvalue weighted by Gasteiger charge is 2.28. The molecule has 0 spiro atoms. The van der Waals surface area contributed by atoms with Crippen LogP contribution < -0.4 is 15.0 Å². The number of amides is 1. The van der Waals surface area contributed by atoms with Gasteiger partial charge in [-0.2, -0.15) is 0 Å². The molecule has 0 aliphatic heterocycles. The third-order valence-corrected chi connectivity index (χ3v) is 4.68. The molecule has 0 radical (unpaired) electrons. The summed E-state index contributed by atoms with van der Waals surface area (Å²) in [5.74, 6) is 0.0757. The molecule has 0 saturated carbocycles. The zero-order chi connectivity index (χ0) is 22.5. The van der Waals surface area contributed by atoms with Crippen molar-refractivity contribution in [1.29, 1.82) is 0 Å². The maximum absolute atomic E-state index is 13.2. The number of nitro benzene ring substituents is 1. The van der Waals surface area contributed by atoms with Crippen molar-refractivity contribution in [3.8, 4) is 11.5 Å². The summed E-state index contributed by atoms with van der Waals surface area (Å²) in [6, 6.07) is 9.33. The molecule has 31 heavy (non-hydrogen) atoms. The van der Waals surface area contributed by atoms with Gasteiger partial charge in [-0.25, -0.2) is 4.98 Å². The average molecular weight is 426 g/mol. The number of ether oxygens (including phenoxy) is 2. The highest BCUT2D eigenvalue weighted by atomic mass is 16.6. The number of nitrogens with one attached hydrogen (secondary N) is 1. The van der Waals surface area contributed by atoms with Crippen LogP contribution in [0.15, 0.2) is 41.2 Å². The predicted molar refractivity (Wildman–Crippen MR) is 114 cm³/mol. The van der Waals surface area contributed by atoms with Crippen LogP contribution in [0.1, 0.15) is 30.0 Å². The summed E-state index contributed by atoms with van der Waals surface area (Å²) in [6.45, 7) is 3.96. The maximum Gasteiger partial charge on any atom is 0.286 e. The molecule has 2 aromatic carbocycles. The van der Waals surface area contributed by atoms with Gasteiger partial charge in [-0.15, -0.1) is 0 Å². The number of benzene rings is 2. The first kappa shape index (κ1) is 21.8. The zero-order valence-electron chi connectivity index (χ0n) is 17.4. The van der Waals surface area contributed by atoms with E-state index in [2.05, 4.69) is 9.97 Å². The second-order valence-electron chi connectivity index (χ2n) is 6.56. The van der Waals surface area contributed by atoms with Crippen molar-refractivity contribution >= 4 is 22.5 Å². The number of carbonyl (C=O) groups excluding carboxylic acids is 1. The van der Waals surface area contributed by atoms with Gasteiger partial charge in [0.05, 0.1) is 42.2 Å². The maximum atomic E-state index is 13.2. The Kier molecular flexibility index (Phi) is 6.49. The van der Waals surface area contributed by atoms with E-state index >= 15 is 0 Å². The van der Waals surface area contributed by atoms with Gasteiger partial charge >= 0.3 is 0 Å². The number of hydrogen-bond donors (Lipinski definition) is 1. The summed E-state index contributed by atoms with van der Waals surface area (Å²) < 4.78 is 10.6. The highest BCUT2D eigenvalue weighted by molar-refractivity contribution is 5.99. The Balaban J connectivity index is 2.00. The molecule has 1 amide bonds. The first-order valence-electron chi connectivity index (χ1n) is 9.66. The van der Waals surface area contributed by atoms with Gasteiger partial charge in [0.25, 0.3) is 17.2 Å². The van der Waals surface area contributed by atoms with Crippen LogP contribution in [-0.2, 0) is 6.54 Å². The molecule has 0 saturated heterocycles. The highest BCUT2D eigenvalue weighted by Crippen LogP contribution is 2.35. The molecule has 10 heteroatoms. The van der Waals surface area contributed by atoms with E-state index in [9.17, 15) is 19.7 Å². The number of para-hydroxylation sites is 1. The summed E-state index contributed by atoms with van der Waals surface area (Å²) in [7, 11) is 1.39. The van der Waals surface area contributed by atoms with E-state index < -0.39 is 16.5 Å².